The van der Waals surface area contributed by atoms with Crippen LogP contribution in [0.1, 0.15) is 6.42 Å². The Bertz CT molecular complexity index is 118. The molecule has 4 nitrogen and oxygen atoms in total. The normalized spacial score (nSPS) is 15.5. The van der Waals surface area contributed by atoms with E-state index in [1.54, 1.807) is 0 Å². The summed E-state index contributed by atoms with van der Waals surface area (Å²) < 4.78 is 10.0. The van der Waals surface area contributed by atoms with Crippen LogP contribution in [-0.4, -0.2) is 17.2 Å². The molecule has 0 rings (SSSR count). The van der Waals surface area contributed by atoms with Crippen molar-refractivity contribution in [2.45, 2.75) is 6.42 Å². The van der Waals surface area contributed by atoms with Gasteiger partial charge in [0.1, 0.15) is 0 Å². The molecule has 0 aliphatic heterocycles. The van der Waals surface area contributed by atoms with E-state index in [9.17, 15) is 9.46 Å². The van der Waals surface area contributed by atoms with Crippen LogP contribution < -0.4 is 40.2 Å². The second-order valence-corrected chi connectivity index (χ2v) is 5.21. The van der Waals surface area contributed by atoms with Crippen molar-refractivity contribution >= 4 is 18.2 Å². The van der Waals surface area contributed by atoms with Gasteiger partial charge in [0.25, 0.3) is 0 Å². The molecule has 1 unspecified atom stereocenters. The van der Waals surface area contributed by atoms with Crippen LogP contribution in [0.25, 0.3) is 0 Å². The zero-order valence-corrected chi connectivity index (χ0v) is 9.53. The van der Waals surface area contributed by atoms with Crippen molar-refractivity contribution in [3.8, 4) is 0 Å². The summed E-state index contributed by atoms with van der Waals surface area (Å²) in [4.78, 5) is 18.2. The van der Waals surface area contributed by atoms with Gasteiger partial charge < -0.3 is 15.5 Å². The van der Waals surface area contributed by atoms with Gasteiger partial charge in [0, 0.05) is 5.75 Å². The van der Waals surface area contributed by atoms with Crippen LogP contribution in [0.15, 0.2) is 0 Å². The molecular formula is C3H9NNaO3PS. The average molecular weight is 193 g/mol. The van der Waals surface area contributed by atoms with Crippen molar-refractivity contribution in [3.63, 3.8) is 0 Å². The molecule has 56 valence electrons. The van der Waals surface area contributed by atoms with Crippen molar-refractivity contribution in [1.82, 2.24) is 0 Å². The first-order valence-electron chi connectivity index (χ1n) is 2.44. The van der Waals surface area contributed by atoms with Gasteiger partial charge in [-0.2, -0.15) is 0 Å². The average Bonchev–Trinajstić information content (AvgIpc) is 1.63. The monoisotopic (exact) mass is 193 g/mol. The third-order valence-corrected chi connectivity index (χ3v) is 2.93. The maximum atomic E-state index is 10.0. The summed E-state index contributed by atoms with van der Waals surface area (Å²) >= 11 is 0.534. The first-order chi connectivity index (χ1) is 4.06. The Morgan fingerprint density at radius 1 is 1.70 bits per heavy atom. The Kier molecular flexibility index (Phi) is 9.99. The Labute approximate surface area is 86.1 Å². The fourth-order valence-corrected chi connectivity index (χ4v) is 1.87. The standard InChI is InChI=1S/C3H10NO3PS.Na/c4-2-1-3-9-8(5,6)7;/h1-4H2,(H2,5,6,7);/q;+1/p-1. The molecule has 0 radical (unpaired) electrons. The Hall–Kier alpha value is 1.46. The van der Waals surface area contributed by atoms with Crippen LogP contribution in [0.2, 0.25) is 0 Å². The SMILES string of the molecule is NCCCSP(=O)([O-])O.[Na+]. The molecule has 0 aromatic heterocycles. The van der Waals surface area contributed by atoms with Crippen LogP contribution in [0, 0.1) is 0 Å². The predicted octanol–water partition coefficient (Wildman–Crippen LogP) is -3.47. The number of hydrogen-bond acceptors (Lipinski definition) is 4. The number of nitrogens with two attached hydrogens (primary N) is 1. The Morgan fingerprint density at radius 2 is 2.20 bits per heavy atom. The molecule has 0 fully saturated rings. The quantitative estimate of drug-likeness (QED) is 0.275. The van der Waals surface area contributed by atoms with E-state index in [0.717, 1.165) is 0 Å². The largest absolute Gasteiger partial charge is 1.00 e. The summed E-state index contributed by atoms with van der Waals surface area (Å²) in [6.45, 7) is -3.63. The summed E-state index contributed by atoms with van der Waals surface area (Å²) in [6, 6.07) is 0. The molecule has 7 heteroatoms. The zero-order chi connectivity index (χ0) is 7.33. The molecule has 0 heterocycles. The van der Waals surface area contributed by atoms with Crippen molar-refractivity contribution in [3.05, 3.63) is 0 Å². The van der Waals surface area contributed by atoms with Gasteiger partial charge in [0.2, 0.25) is 0 Å². The van der Waals surface area contributed by atoms with E-state index in [-0.39, 0.29) is 29.6 Å². The van der Waals surface area contributed by atoms with Gasteiger partial charge in [-0.1, -0.05) is 11.4 Å². The summed E-state index contributed by atoms with van der Waals surface area (Å²) in [6.07, 6.45) is 0.609. The van der Waals surface area contributed by atoms with Crippen LogP contribution >= 0.6 is 18.2 Å². The maximum absolute atomic E-state index is 10.0. The first-order valence-corrected chi connectivity index (χ1v) is 5.61. The topological polar surface area (TPSA) is 86.4 Å². The predicted molar refractivity (Wildman–Crippen MR) is 36.0 cm³/mol. The summed E-state index contributed by atoms with van der Waals surface area (Å²) in [7, 11) is 0. The van der Waals surface area contributed by atoms with E-state index in [1.807, 2.05) is 0 Å². The zero-order valence-electron chi connectivity index (χ0n) is 5.82. The second-order valence-electron chi connectivity index (χ2n) is 1.44. The van der Waals surface area contributed by atoms with Crippen molar-refractivity contribution in [1.29, 1.82) is 0 Å². The van der Waals surface area contributed by atoms with E-state index in [4.69, 9.17) is 10.6 Å². The number of rotatable bonds is 4. The molecule has 10 heavy (non-hydrogen) atoms. The molecule has 0 bridgehead atoms. The van der Waals surface area contributed by atoms with Crippen LogP contribution in [0.4, 0.5) is 0 Å². The van der Waals surface area contributed by atoms with Crippen molar-refractivity contribution < 1.29 is 43.9 Å². The van der Waals surface area contributed by atoms with Crippen molar-refractivity contribution in [2.24, 2.45) is 5.73 Å². The van der Waals surface area contributed by atoms with E-state index < -0.39 is 6.80 Å². The van der Waals surface area contributed by atoms with Crippen LogP contribution in [-0.2, 0) is 4.57 Å². The minimum absolute atomic E-state index is 0. The molecule has 0 aromatic carbocycles. The molecule has 1 atom stereocenters. The van der Waals surface area contributed by atoms with Gasteiger partial charge >= 0.3 is 29.6 Å². The third-order valence-electron chi connectivity index (χ3n) is 0.603. The minimum atomic E-state index is -4.08. The third kappa shape index (κ3) is 12.2. The molecule has 0 aliphatic rings. The maximum Gasteiger partial charge on any atom is 1.00 e. The summed E-state index contributed by atoms with van der Waals surface area (Å²) in [5.41, 5.74) is 5.07. The smallest absolute Gasteiger partial charge is 0.770 e. The number of hydrogen-bond donors (Lipinski definition) is 2. The van der Waals surface area contributed by atoms with Crippen molar-refractivity contribution in [2.75, 3.05) is 12.3 Å². The molecule has 0 saturated carbocycles. The van der Waals surface area contributed by atoms with Gasteiger partial charge in [-0.3, -0.25) is 4.57 Å². The van der Waals surface area contributed by atoms with E-state index >= 15 is 0 Å². The second kappa shape index (κ2) is 7.13. The minimum Gasteiger partial charge on any atom is -0.770 e. The van der Waals surface area contributed by atoms with E-state index in [2.05, 4.69) is 0 Å². The van der Waals surface area contributed by atoms with Gasteiger partial charge in [-0.25, -0.2) is 0 Å². The van der Waals surface area contributed by atoms with Gasteiger partial charge in [0.15, 0.2) is 6.80 Å². The molecule has 0 aliphatic carbocycles. The van der Waals surface area contributed by atoms with Gasteiger partial charge in [0.05, 0.1) is 0 Å². The molecule has 3 N–H and O–H groups in total. The van der Waals surface area contributed by atoms with Crippen LogP contribution in [0.5, 0.6) is 0 Å². The summed E-state index contributed by atoms with van der Waals surface area (Å²) in [5, 5.41) is 0. The molecule has 0 spiro atoms. The molecule has 0 aromatic rings. The van der Waals surface area contributed by atoms with E-state index in [1.165, 1.54) is 0 Å². The Balaban J connectivity index is 0. The summed E-state index contributed by atoms with van der Waals surface area (Å²) in [5.74, 6) is 0.369. The molecular weight excluding hydrogens is 184 g/mol. The van der Waals surface area contributed by atoms with Crippen LogP contribution in [0.3, 0.4) is 0 Å². The Morgan fingerprint density at radius 3 is 2.50 bits per heavy atom. The molecule has 0 amide bonds. The fourth-order valence-electron chi connectivity index (χ4n) is 0.263. The first kappa shape index (κ1) is 14.0. The van der Waals surface area contributed by atoms with E-state index in [0.29, 0.717) is 30.1 Å². The van der Waals surface area contributed by atoms with Gasteiger partial charge in [-0.05, 0) is 13.0 Å². The fraction of sp³-hybridized carbons (Fsp3) is 1.00. The molecule has 0 saturated heterocycles. The van der Waals surface area contributed by atoms with Gasteiger partial charge in [-0.15, -0.1) is 0 Å².